The van der Waals surface area contributed by atoms with Gasteiger partial charge < -0.3 is 15.1 Å². The summed E-state index contributed by atoms with van der Waals surface area (Å²) in [5.41, 5.74) is -1.74. The van der Waals surface area contributed by atoms with Crippen LogP contribution < -0.4 is 15.1 Å². The first-order valence-corrected chi connectivity index (χ1v) is 10.4. The molecule has 1 aromatic heterocycles. The summed E-state index contributed by atoms with van der Waals surface area (Å²) in [6, 6.07) is 4.93. The zero-order valence-corrected chi connectivity index (χ0v) is 18.5. The zero-order chi connectivity index (χ0) is 24.1. The first kappa shape index (κ1) is 22.7. The number of aromatic nitrogens is 1. The van der Waals surface area contributed by atoms with Crippen molar-refractivity contribution in [3.63, 3.8) is 0 Å². The molecular formula is C22H18F3N5O2S. The zero-order valence-electron chi connectivity index (χ0n) is 17.7. The molecule has 0 radical (unpaired) electrons. The number of nitrogens with zero attached hydrogens (tertiary/aromatic N) is 4. The molecule has 0 bridgehead atoms. The molecule has 4 rings (SSSR count). The summed E-state index contributed by atoms with van der Waals surface area (Å²) in [5, 5.41) is 2.24. The van der Waals surface area contributed by atoms with E-state index < -0.39 is 28.7 Å². The maximum atomic E-state index is 13.8. The third-order valence-corrected chi connectivity index (χ3v) is 6.40. The van der Waals surface area contributed by atoms with Crippen LogP contribution in [0.15, 0.2) is 30.5 Å². The fourth-order valence-corrected chi connectivity index (χ4v) is 4.71. The van der Waals surface area contributed by atoms with Crippen molar-refractivity contribution in [3.05, 3.63) is 58.6 Å². The van der Waals surface area contributed by atoms with E-state index in [0.29, 0.717) is 24.1 Å². The molecule has 2 aromatic rings. The second kappa shape index (κ2) is 7.81. The molecule has 2 amide bonds. The van der Waals surface area contributed by atoms with Gasteiger partial charge in [0, 0.05) is 12.7 Å². The van der Waals surface area contributed by atoms with E-state index in [1.165, 1.54) is 29.1 Å². The third-order valence-electron chi connectivity index (χ3n) is 6.03. The van der Waals surface area contributed by atoms with Crippen LogP contribution in [0.3, 0.4) is 0 Å². The van der Waals surface area contributed by atoms with Crippen molar-refractivity contribution in [1.29, 1.82) is 0 Å². The molecule has 7 nitrogen and oxygen atoms in total. The van der Waals surface area contributed by atoms with Crippen LogP contribution in [-0.2, 0) is 11.0 Å². The van der Waals surface area contributed by atoms with Crippen molar-refractivity contribution in [3.8, 4) is 0 Å². The van der Waals surface area contributed by atoms with E-state index in [-0.39, 0.29) is 22.5 Å². The topological polar surface area (TPSA) is 69.9 Å². The molecule has 1 aliphatic heterocycles. The van der Waals surface area contributed by atoms with Gasteiger partial charge in [0.15, 0.2) is 5.11 Å². The van der Waals surface area contributed by atoms with Crippen molar-refractivity contribution in [1.82, 2.24) is 10.3 Å². The Labute approximate surface area is 193 Å². The fourth-order valence-electron chi connectivity index (χ4n) is 4.24. The first-order chi connectivity index (χ1) is 15.5. The molecule has 1 spiro atoms. The van der Waals surface area contributed by atoms with Crippen LogP contribution >= 0.6 is 12.2 Å². The summed E-state index contributed by atoms with van der Waals surface area (Å²) < 4.78 is 41.4. The highest BCUT2D eigenvalue weighted by molar-refractivity contribution is 7.81. The number of aryl methyl sites for hydroxylation is 1. The lowest BCUT2D eigenvalue weighted by atomic mass is 9.75. The summed E-state index contributed by atoms with van der Waals surface area (Å²) in [7, 11) is 1.25. The monoisotopic (exact) mass is 473 g/mol. The number of alkyl halides is 3. The number of hydrogen-bond donors (Lipinski definition) is 1. The van der Waals surface area contributed by atoms with Crippen molar-refractivity contribution in [2.75, 3.05) is 16.8 Å². The third kappa shape index (κ3) is 3.41. The second-order valence-electron chi connectivity index (χ2n) is 7.90. The van der Waals surface area contributed by atoms with E-state index in [9.17, 15) is 22.8 Å². The molecule has 1 N–H and O–H groups in total. The fraction of sp³-hybridized carbons (Fsp3) is 0.318. The molecule has 33 heavy (non-hydrogen) atoms. The van der Waals surface area contributed by atoms with Gasteiger partial charge in [-0.15, -0.1) is 4.98 Å². The van der Waals surface area contributed by atoms with Gasteiger partial charge in [-0.05, 0) is 68.2 Å². The molecule has 170 valence electrons. The van der Waals surface area contributed by atoms with Gasteiger partial charge in [-0.2, -0.15) is 13.2 Å². The van der Waals surface area contributed by atoms with Crippen LogP contribution in [-0.4, -0.2) is 34.5 Å². The minimum absolute atomic E-state index is 0.0253. The minimum Gasteiger partial charge on any atom is -0.360 e. The number of amides is 2. The molecule has 0 unspecified atom stereocenters. The quantitative estimate of drug-likeness (QED) is 0.529. The second-order valence-corrected chi connectivity index (χ2v) is 8.26. The number of nitrogens with one attached hydrogen (secondary N) is 1. The molecule has 0 atom stereocenters. The summed E-state index contributed by atoms with van der Waals surface area (Å²) in [4.78, 5) is 35.6. The predicted octanol–water partition coefficient (Wildman–Crippen LogP) is 4.38. The predicted molar refractivity (Wildman–Crippen MR) is 119 cm³/mol. The molecule has 2 aliphatic rings. The standard InChI is InChI=1S/C22H18F3N5O2S/c1-12-9-14(11-28-17(12)26-2)29-19(32)21(7-4-8-21)30(20(29)33)13-5-6-15(18(31)27-3)16(10-13)22(23,24)25/h5-6,9-11H,4,7-8H2,1,3H3,(H,27,31). The smallest absolute Gasteiger partial charge is 0.360 e. The minimum atomic E-state index is -4.79. The number of rotatable bonds is 3. The SMILES string of the molecule is [C-]#[N+]c1ncc(N2C(=O)C3(CCC3)N(c3ccc(C(=O)NC)c(C(F)(F)F)c3)C2=S)cc1C. The normalized spacial score (nSPS) is 17.2. The van der Waals surface area contributed by atoms with E-state index in [2.05, 4.69) is 15.1 Å². The molecule has 1 saturated heterocycles. The Kier molecular flexibility index (Phi) is 5.36. The summed E-state index contributed by atoms with van der Waals surface area (Å²) in [6.07, 6.45) is -1.86. The Balaban J connectivity index is 1.83. The lowest BCUT2D eigenvalue weighted by Gasteiger charge is -2.43. The molecule has 11 heteroatoms. The molecule has 1 aromatic carbocycles. The number of anilines is 2. The maximum Gasteiger partial charge on any atom is 0.417 e. The van der Waals surface area contributed by atoms with Gasteiger partial charge in [0.2, 0.25) is 0 Å². The summed E-state index contributed by atoms with van der Waals surface area (Å²) >= 11 is 5.58. The van der Waals surface area contributed by atoms with Crippen LogP contribution in [0.5, 0.6) is 0 Å². The number of carbonyl (C=O) groups is 2. The van der Waals surface area contributed by atoms with Crippen molar-refractivity contribution >= 4 is 46.3 Å². The van der Waals surface area contributed by atoms with Crippen molar-refractivity contribution in [2.24, 2.45) is 0 Å². The van der Waals surface area contributed by atoms with E-state index in [4.69, 9.17) is 18.8 Å². The van der Waals surface area contributed by atoms with E-state index in [1.807, 2.05) is 0 Å². The lowest BCUT2D eigenvalue weighted by Crippen LogP contribution is -2.55. The highest BCUT2D eigenvalue weighted by atomic mass is 32.1. The number of halogens is 3. The van der Waals surface area contributed by atoms with E-state index in [0.717, 1.165) is 18.6 Å². The number of benzene rings is 1. The highest BCUT2D eigenvalue weighted by Gasteiger charge is 2.60. The van der Waals surface area contributed by atoms with Crippen LogP contribution in [0.2, 0.25) is 0 Å². The maximum absolute atomic E-state index is 13.8. The molecule has 1 aliphatic carbocycles. The molecule has 2 heterocycles. The first-order valence-electron chi connectivity index (χ1n) is 10.0. The Hall–Kier alpha value is -3.52. The highest BCUT2D eigenvalue weighted by Crippen LogP contribution is 2.48. The van der Waals surface area contributed by atoms with Crippen molar-refractivity contribution < 1.29 is 22.8 Å². The Morgan fingerprint density at radius 2 is 1.97 bits per heavy atom. The van der Waals surface area contributed by atoms with Gasteiger partial charge in [-0.1, -0.05) is 6.57 Å². The lowest BCUT2D eigenvalue weighted by molar-refractivity contribution is -0.137. The van der Waals surface area contributed by atoms with Gasteiger partial charge in [-0.25, -0.2) is 0 Å². The molecular weight excluding hydrogens is 455 g/mol. The Morgan fingerprint density at radius 3 is 2.48 bits per heavy atom. The Morgan fingerprint density at radius 1 is 1.27 bits per heavy atom. The van der Waals surface area contributed by atoms with Gasteiger partial charge in [0.25, 0.3) is 17.6 Å². The number of hydrogen-bond acceptors (Lipinski definition) is 4. The van der Waals surface area contributed by atoms with Crippen LogP contribution in [0.4, 0.5) is 30.4 Å². The Bertz CT molecular complexity index is 1230. The number of thiocarbonyl (C=S) groups is 1. The van der Waals surface area contributed by atoms with Crippen molar-refractivity contribution in [2.45, 2.75) is 37.9 Å². The van der Waals surface area contributed by atoms with Crippen LogP contribution in [0.25, 0.3) is 4.85 Å². The molecule has 2 fully saturated rings. The average molecular weight is 473 g/mol. The van der Waals surface area contributed by atoms with Gasteiger partial charge in [0.1, 0.15) is 11.7 Å². The average Bonchev–Trinajstić information content (AvgIpc) is 2.98. The van der Waals surface area contributed by atoms with Crippen LogP contribution in [0, 0.1) is 13.5 Å². The van der Waals surface area contributed by atoms with Gasteiger partial charge in [0.05, 0.1) is 16.8 Å². The number of pyridine rings is 1. The summed E-state index contributed by atoms with van der Waals surface area (Å²) in [5.74, 6) is -1.03. The van der Waals surface area contributed by atoms with Crippen LogP contribution in [0.1, 0.15) is 40.7 Å². The van der Waals surface area contributed by atoms with Gasteiger partial charge in [-0.3, -0.25) is 14.5 Å². The van der Waals surface area contributed by atoms with E-state index in [1.54, 1.807) is 13.0 Å². The van der Waals surface area contributed by atoms with Gasteiger partial charge >= 0.3 is 6.18 Å². The van der Waals surface area contributed by atoms with E-state index >= 15 is 0 Å². The molecule has 1 saturated carbocycles. The number of carbonyl (C=O) groups excluding carboxylic acids is 2. The summed E-state index contributed by atoms with van der Waals surface area (Å²) in [6.45, 7) is 8.83. The largest absolute Gasteiger partial charge is 0.417 e.